The van der Waals surface area contributed by atoms with Crippen LogP contribution in [0.3, 0.4) is 0 Å². The van der Waals surface area contributed by atoms with Gasteiger partial charge in [-0.2, -0.15) is 10.2 Å². The van der Waals surface area contributed by atoms with Crippen LogP contribution in [0.5, 0.6) is 5.75 Å². The van der Waals surface area contributed by atoms with Crippen molar-refractivity contribution in [3.63, 3.8) is 0 Å². The van der Waals surface area contributed by atoms with Crippen LogP contribution in [-0.2, 0) is 0 Å². The molecule has 1 aromatic carbocycles. The van der Waals surface area contributed by atoms with Crippen LogP contribution in [-0.4, -0.2) is 34.4 Å². The number of ether oxygens (including phenoxy) is 1. The van der Waals surface area contributed by atoms with Gasteiger partial charge in [-0.25, -0.2) is 5.43 Å². The predicted octanol–water partition coefficient (Wildman–Crippen LogP) is 2.24. The van der Waals surface area contributed by atoms with Crippen molar-refractivity contribution in [2.24, 2.45) is 5.10 Å². The van der Waals surface area contributed by atoms with E-state index in [1.807, 2.05) is 24.3 Å². The lowest BCUT2D eigenvalue weighted by Gasteiger charge is -2.04. The zero-order chi connectivity index (χ0) is 16.8. The first-order chi connectivity index (χ1) is 11.8. The van der Waals surface area contributed by atoms with Crippen LogP contribution >= 0.6 is 0 Å². The molecular formula is C17H15N5O2. The third-order valence-electron chi connectivity index (χ3n) is 3.29. The summed E-state index contributed by atoms with van der Waals surface area (Å²) in [5.74, 6) is 0.306. The fourth-order valence-electron chi connectivity index (χ4n) is 2.11. The minimum Gasteiger partial charge on any atom is -0.496 e. The Morgan fingerprint density at radius 1 is 1.25 bits per heavy atom. The van der Waals surface area contributed by atoms with Gasteiger partial charge in [0.15, 0.2) is 0 Å². The molecule has 3 aromatic rings. The molecule has 0 aliphatic heterocycles. The lowest BCUT2D eigenvalue weighted by molar-refractivity contribution is 0.0950. The number of carbonyl (C=O) groups excluding carboxylic acids is 1. The lowest BCUT2D eigenvalue weighted by Crippen LogP contribution is -2.17. The SMILES string of the molecule is COc1ccccc1-c1cc(C(=O)N/N=C/c2ccncc2)[nH]n1. The zero-order valence-corrected chi connectivity index (χ0v) is 12.9. The quantitative estimate of drug-likeness (QED) is 0.557. The molecule has 0 fully saturated rings. The average molecular weight is 321 g/mol. The molecule has 3 rings (SSSR count). The molecular weight excluding hydrogens is 306 g/mol. The van der Waals surface area contributed by atoms with Gasteiger partial charge in [0.1, 0.15) is 11.4 Å². The summed E-state index contributed by atoms with van der Waals surface area (Å²) < 4.78 is 5.30. The van der Waals surface area contributed by atoms with E-state index in [0.29, 0.717) is 17.1 Å². The van der Waals surface area contributed by atoms with Gasteiger partial charge in [-0.3, -0.25) is 14.9 Å². The number of para-hydroxylation sites is 1. The molecule has 0 saturated heterocycles. The smallest absolute Gasteiger partial charge is 0.289 e. The topological polar surface area (TPSA) is 92.3 Å². The number of hydrazone groups is 1. The van der Waals surface area contributed by atoms with Gasteiger partial charge < -0.3 is 4.74 Å². The minimum absolute atomic E-state index is 0.308. The van der Waals surface area contributed by atoms with Gasteiger partial charge in [0, 0.05) is 18.0 Å². The highest BCUT2D eigenvalue weighted by Gasteiger charge is 2.13. The summed E-state index contributed by atoms with van der Waals surface area (Å²) in [6.45, 7) is 0. The van der Waals surface area contributed by atoms with E-state index in [4.69, 9.17) is 4.74 Å². The number of benzene rings is 1. The van der Waals surface area contributed by atoms with E-state index in [1.165, 1.54) is 6.21 Å². The van der Waals surface area contributed by atoms with Crippen LogP contribution < -0.4 is 10.2 Å². The Labute approximate surface area is 138 Å². The monoisotopic (exact) mass is 321 g/mol. The van der Waals surface area contributed by atoms with E-state index in [9.17, 15) is 4.79 Å². The average Bonchev–Trinajstić information content (AvgIpc) is 3.12. The molecule has 0 spiro atoms. The number of amides is 1. The van der Waals surface area contributed by atoms with Gasteiger partial charge in [-0.05, 0) is 35.9 Å². The van der Waals surface area contributed by atoms with Crippen molar-refractivity contribution >= 4 is 12.1 Å². The Morgan fingerprint density at radius 2 is 2.04 bits per heavy atom. The van der Waals surface area contributed by atoms with Crippen LogP contribution in [0.2, 0.25) is 0 Å². The summed E-state index contributed by atoms with van der Waals surface area (Å²) in [5.41, 5.74) is 5.02. The third-order valence-corrected chi connectivity index (χ3v) is 3.29. The highest BCUT2D eigenvalue weighted by Crippen LogP contribution is 2.28. The molecule has 0 radical (unpaired) electrons. The maximum atomic E-state index is 12.1. The van der Waals surface area contributed by atoms with Gasteiger partial charge in [-0.1, -0.05) is 12.1 Å². The normalized spacial score (nSPS) is 10.7. The van der Waals surface area contributed by atoms with Gasteiger partial charge >= 0.3 is 0 Å². The largest absolute Gasteiger partial charge is 0.496 e. The summed E-state index contributed by atoms with van der Waals surface area (Å²) in [7, 11) is 1.59. The van der Waals surface area contributed by atoms with Gasteiger partial charge in [0.05, 0.1) is 19.0 Å². The summed E-state index contributed by atoms with van der Waals surface area (Å²) in [6.07, 6.45) is 4.84. The standard InChI is InChI=1S/C17H15N5O2/c1-24-16-5-3-2-4-13(16)14-10-15(21-20-14)17(23)22-19-11-12-6-8-18-9-7-12/h2-11H,1H3,(H,20,21)(H,22,23)/b19-11+. The molecule has 24 heavy (non-hydrogen) atoms. The number of nitrogens with one attached hydrogen (secondary N) is 2. The Kier molecular flexibility index (Phi) is 4.62. The lowest BCUT2D eigenvalue weighted by atomic mass is 10.1. The van der Waals surface area contributed by atoms with E-state index >= 15 is 0 Å². The summed E-state index contributed by atoms with van der Waals surface area (Å²) in [6, 6.07) is 12.7. The number of methoxy groups -OCH3 is 1. The Morgan fingerprint density at radius 3 is 2.83 bits per heavy atom. The van der Waals surface area contributed by atoms with Crippen LogP contribution in [0, 0.1) is 0 Å². The van der Waals surface area contributed by atoms with Crippen molar-refractivity contribution in [1.82, 2.24) is 20.6 Å². The molecule has 0 aliphatic carbocycles. The van der Waals surface area contributed by atoms with Gasteiger partial charge in [0.2, 0.25) is 0 Å². The zero-order valence-electron chi connectivity index (χ0n) is 12.9. The molecule has 7 nitrogen and oxygen atoms in total. The van der Waals surface area contributed by atoms with Crippen LogP contribution in [0.25, 0.3) is 11.3 Å². The van der Waals surface area contributed by atoms with Crippen molar-refractivity contribution in [3.8, 4) is 17.0 Å². The number of H-pyrrole nitrogens is 1. The number of rotatable bonds is 5. The van der Waals surface area contributed by atoms with Gasteiger partial charge in [-0.15, -0.1) is 0 Å². The first-order valence-electron chi connectivity index (χ1n) is 7.20. The van der Waals surface area contributed by atoms with Crippen LogP contribution in [0.4, 0.5) is 0 Å². The molecule has 2 N–H and O–H groups in total. The number of nitrogens with zero attached hydrogens (tertiary/aromatic N) is 3. The molecule has 0 unspecified atom stereocenters. The van der Waals surface area contributed by atoms with Crippen molar-refractivity contribution in [2.75, 3.05) is 7.11 Å². The number of aromatic nitrogens is 3. The molecule has 120 valence electrons. The molecule has 2 heterocycles. The van der Waals surface area contributed by atoms with Crippen molar-refractivity contribution < 1.29 is 9.53 Å². The Hall–Kier alpha value is -3.48. The first kappa shape index (κ1) is 15.4. The summed E-state index contributed by atoms with van der Waals surface area (Å²) >= 11 is 0. The van der Waals surface area contributed by atoms with Crippen molar-refractivity contribution in [3.05, 3.63) is 66.1 Å². The van der Waals surface area contributed by atoms with Crippen molar-refractivity contribution in [1.29, 1.82) is 0 Å². The third kappa shape index (κ3) is 3.46. The first-order valence-corrected chi connectivity index (χ1v) is 7.20. The van der Waals surface area contributed by atoms with E-state index < -0.39 is 0 Å². The number of hydrogen-bond donors (Lipinski definition) is 2. The van der Waals surface area contributed by atoms with E-state index in [1.54, 1.807) is 37.7 Å². The molecule has 7 heteroatoms. The van der Waals surface area contributed by atoms with Gasteiger partial charge in [0.25, 0.3) is 5.91 Å². The van der Waals surface area contributed by atoms with E-state index in [2.05, 4.69) is 25.7 Å². The Bertz CT molecular complexity index is 858. The second kappa shape index (κ2) is 7.19. The maximum Gasteiger partial charge on any atom is 0.289 e. The Balaban J connectivity index is 1.71. The number of hydrogen-bond acceptors (Lipinski definition) is 5. The molecule has 0 aliphatic rings. The molecule has 0 saturated carbocycles. The number of aromatic amines is 1. The second-order valence-corrected chi connectivity index (χ2v) is 4.85. The fourth-order valence-corrected chi connectivity index (χ4v) is 2.11. The summed E-state index contributed by atoms with van der Waals surface area (Å²) in [4.78, 5) is 16.0. The maximum absolute atomic E-state index is 12.1. The number of pyridine rings is 1. The highest BCUT2D eigenvalue weighted by molar-refractivity contribution is 5.94. The molecule has 0 bridgehead atoms. The van der Waals surface area contributed by atoms with Crippen molar-refractivity contribution in [2.45, 2.75) is 0 Å². The molecule has 0 atom stereocenters. The van der Waals surface area contributed by atoms with E-state index in [-0.39, 0.29) is 5.91 Å². The fraction of sp³-hybridized carbons (Fsp3) is 0.0588. The van der Waals surface area contributed by atoms with Crippen LogP contribution in [0.15, 0.2) is 60.0 Å². The summed E-state index contributed by atoms with van der Waals surface area (Å²) in [5, 5.41) is 10.8. The van der Waals surface area contributed by atoms with Crippen LogP contribution in [0.1, 0.15) is 16.1 Å². The molecule has 1 amide bonds. The predicted molar refractivity (Wildman–Crippen MR) is 89.9 cm³/mol. The minimum atomic E-state index is -0.381. The molecule has 2 aromatic heterocycles. The highest BCUT2D eigenvalue weighted by atomic mass is 16.5. The second-order valence-electron chi connectivity index (χ2n) is 4.85. The van der Waals surface area contributed by atoms with E-state index in [0.717, 1.165) is 11.1 Å². The number of carbonyl (C=O) groups is 1.